The van der Waals surface area contributed by atoms with Crippen molar-refractivity contribution in [3.8, 4) is 0 Å². The molecule has 22 heteroatoms. The van der Waals surface area contributed by atoms with Crippen LogP contribution >= 0.6 is 125 Å². The molecule has 0 aliphatic heterocycles. The molecule has 8 heterocycles. The van der Waals surface area contributed by atoms with Crippen LogP contribution in [0.15, 0.2) is 224 Å². The van der Waals surface area contributed by atoms with Gasteiger partial charge in [0.2, 0.25) is 0 Å². The van der Waals surface area contributed by atoms with Crippen molar-refractivity contribution in [2.75, 3.05) is 0 Å². The van der Waals surface area contributed by atoms with Crippen molar-refractivity contribution < 1.29 is 34.1 Å². The zero-order valence-corrected chi connectivity index (χ0v) is 56.5. The monoisotopic (exact) mass is 1400 g/mol. The van der Waals surface area contributed by atoms with E-state index >= 15 is 0 Å². The number of para-hydroxylation sites is 8. The molecule has 8 nitrogen and oxygen atoms in total. The second kappa shape index (κ2) is 29.7. The van der Waals surface area contributed by atoms with Gasteiger partial charge in [0.1, 0.15) is 0 Å². The summed E-state index contributed by atoms with van der Waals surface area (Å²) in [6.45, 7) is 2.08. The van der Waals surface area contributed by atoms with Crippen LogP contribution < -0.4 is 38.0 Å². The first kappa shape index (κ1) is 61.5. The van der Waals surface area contributed by atoms with Crippen LogP contribution in [0, 0.1) is 6.92 Å². The van der Waals surface area contributed by atoms with Gasteiger partial charge in [0.25, 0.3) is 0 Å². The van der Waals surface area contributed by atoms with Crippen molar-refractivity contribution in [2.24, 2.45) is 0 Å². The third-order valence-electron chi connectivity index (χ3n) is 12.0. The molecule has 416 valence electrons. The van der Waals surface area contributed by atoms with E-state index in [0.717, 1.165) is 116 Å². The molecule has 0 spiro atoms. The second-order valence-electron chi connectivity index (χ2n) is 17.8. The van der Waals surface area contributed by atoms with E-state index in [1.807, 2.05) is 66.7 Å². The summed E-state index contributed by atoms with van der Waals surface area (Å²) in [5, 5.41) is 0. The van der Waals surface area contributed by atoms with Crippen molar-refractivity contribution >= 4 is 245 Å². The molecule has 0 atom stereocenters. The van der Waals surface area contributed by atoms with E-state index in [4.69, 9.17) is 0 Å². The van der Waals surface area contributed by atoms with Gasteiger partial charge in [-0.1, -0.05) is 171 Å². The molecule has 0 saturated heterocycles. The number of aryl methyl sites for hydroxylation is 1. The second-order valence-corrected chi connectivity index (χ2v) is 32.8. The largest absolute Gasteiger partial charge is 2.00 e. The summed E-state index contributed by atoms with van der Waals surface area (Å²) in [7, 11) is 4.42. The molecule has 0 aliphatic carbocycles. The molecule has 0 saturated carbocycles. The first-order valence-corrected chi connectivity index (χ1v) is 35.8. The number of fused-ring (bicyclic) bond motifs is 8. The van der Waals surface area contributed by atoms with Gasteiger partial charge in [-0.15, -0.1) is 0 Å². The van der Waals surface area contributed by atoms with Crippen molar-refractivity contribution in [1.29, 1.82) is 0 Å². The number of hydrogen-bond acceptors (Lipinski definition) is 16. The summed E-state index contributed by atoms with van der Waals surface area (Å²) in [6.07, 6.45) is 0. The zero-order valence-electron chi connectivity index (χ0n) is 44.2. The average molecular weight is 1400 g/mol. The molecule has 0 amide bonds. The molecule has 8 aromatic heterocycles. The summed E-state index contributed by atoms with van der Waals surface area (Å²) in [5.74, 6) is 0. The van der Waals surface area contributed by atoms with Gasteiger partial charge < -0.3 is 34.3 Å². The molecule has 0 radical (unpaired) electrons. The van der Waals surface area contributed by atoms with E-state index in [0.29, 0.717) is 0 Å². The first-order chi connectivity index (χ1) is 40.9. The van der Waals surface area contributed by atoms with Crippen molar-refractivity contribution in [2.45, 2.75) is 6.92 Å². The quantitative estimate of drug-likeness (QED) is 0.109. The molecule has 17 rings (SSSR count). The van der Waals surface area contributed by atoms with Gasteiger partial charge in [0.05, 0.1) is 81.7 Å². The Morgan fingerprint density at radius 3 is 0.471 bits per heavy atom. The van der Waals surface area contributed by atoms with Gasteiger partial charge in [0.15, 0.2) is 0 Å². The standard InChI is InChI=1S/4C14H8N2PS2.C7H8.2Fe/c4*1-3-7-11-9(5-1)15-13(18-11)17-14-16-10-6-2-4-8-12(10)19-14;1-7-5-3-2-4-6-7;;/h4*1-8H;2-6H,1H3;;/q4*-1;;2*+2. The van der Waals surface area contributed by atoms with Crippen LogP contribution in [0.3, 0.4) is 0 Å². The van der Waals surface area contributed by atoms with Crippen molar-refractivity contribution in [3.05, 3.63) is 230 Å². The van der Waals surface area contributed by atoms with Gasteiger partial charge in [-0.3, -0.25) is 39.9 Å². The summed E-state index contributed by atoms with van der Waals surface area (Å²) in [6, 6.07) is 76.3. The number of thiazole rings is 8. The van der Waals surface area contributed by atoms with Gasteiger partial charge >= 0.3 is 34.1 Å². The molecule has 9 aromatic carbocycles. The zero-order chi connectivity index (χ0) is 55.7. The summed E-state index contributed by atoms with van der Waals surface area (Å²) >= 11 is 14.0. The third-order valence-corrected chi connectivity index (χ3v) is 25.4. The normalized spacial score (nSPS) is 10.9. The van der Waals surface area contributed by atoms with E-state index in [-0.39, 0.29) is 34.1 Å². The van der Waals surface area contributed by atoms with Crippen LogP contribution in [0.25, 0.3) is 81.7 Å². The Morgan fingerprint density at radius 1 is 0.200 bits per heavy atom. The van der Waals surface area contributed by atoms with E-state index < -0.39 is 0 Å². The molecule has 0 bridgehead atoms. The van der Waals surface area contributed by atoms with Gasteiger partial charge in [-0.05, 0) is 104 Å². The number of benzene rings is 9. The van der Waals surface area contributed by atoms with Crippen LogP contribution in [0.2, 0.25) is 0 Å². The van der Waals surface area contributed by atoms with Crippen molar-refractivity contribution in [3.63, 3.8) is 0 Å². The Labute approximate surface area is 549 Å². The topological polar surface area (TPSA) is 103 Å². The number of rotatable bonds is 8. The molecule has 0 aliphatic rings. The van der Waals surface area contributed by atoms with Gasteiger partial charge in [0, 0.05) is 0 Å². The predicted molar refractivity (Wildman–Crippen MR) is 373 cm³/mol. The van der Waals surface area contributed by atoms with E-state index in [9.17, 15) is 0 Å². The van der Waals surface area contributed by atoms with Crippen LogP contribution in [0.5, 0.6) is 0 Å². The Morgan fingerprint density at radius 2 is 0.341 bits per heavy atom. The minimum atomic E-state index is 0. The van der Waals surface area contributed by atoms with Gasteiger partial charge in [-0.25, -0.2) is 0 Å². The average Bonchev–Trinajstić information content (AvgIpc) is 4.27. The minimum absolute atomic E-state index is 0. The molecule has 17 aromatic rings. The molecule has 0 N–H and O–H groups in total. The maximum absolute atomic E-state index is 4.65. The Balaban J connectivity index is 0.000000113. The number of nitrogens with zero attached hydrogens (tertiary/aromatic N) is 8. The fraction of sp³-hybridized carbons (Fsp3) is 0.0159. The summed E-state index contributed by atoms with van der Waals surface area (Å²) < 4.78 is 18.8. The van der Waals surface area contributed by atoms with E-state index in [1.54, 1.807) is 90.7 Å². The van der Waals surface area contributed by atoms with E-state index in [1.165, 1.54) is 43.2 Å². The van der Waals surface area contributed by atoms with E-state index in [2.05, 4.69) is 205 Å². The first-order valence-electron chi connectivity index (χ1n) is 25.7. The van der Waals surface area contributed by atoms with Crippen LogP contribution in [0.4, 0.5) is 0 Å². The smallest absolute Gasteiger partial charge is 0.407 e. The van der Waals surface area contributed by atoms with Crippen LogP contribution in [-0.2, 0) is 34.1 Å². The SMILES string of the molecule is Cc1ccccc1.[Fe+2].[Fe+2].c1ccc2sc([P-]c3nc4ccccc4s3)nc2c1.c1ccc2sc([P-]c3nc4ccccc4s3)nc2c1.c1ccc2sc([P-]c3nc4ccccc4s3)nc2c1.c1ccc2sc([P-]c3nc4ccccc4s3)nc2c1. The van der Waals surface area contributed by atoms with Crippen LogP contribution in [0.1, 0.15) is 5.56 Å². The molecular weight excluding hydrogens is 1360 g/mol. The number of aromatic nitrogens is 8. The molecular formula is C63H40Fe2N8P4S8. The fourth-order valence-corrected chi connectivity index (χ4v) is 22.3. The summed E-state index contributed by atoms with van der Waals surface area (Å²) in [5.41, 5.74) is 9.96. The Kier molecular flexibility index (Phi) is 21.5. The van der Waals surface area contributed by atoms with Gasteiger partial charge in [-0.2, -0.15) is 90.7 Å². The predicted octanol–water partition coefficient (Wildman–Crippen LogP) is 17.2. The van der Waals surface area contributed by atoms with Crippen molar-refractivity contribution in [1.82, 2.24) is 39.9 Å². The Hall–Kier alpha value is -5.14. The minimum Gasteiger partial charge on any atom is -0.407 e. The maximum Gasteiger partial charge on any atom is 2.00 e. The maximum atomic E-state index is 4.65. The third kappa shape index (κ3) is 16.0. The molecule has 0 fully saturated rings. The summed E-state index contributed by atoms with van der Waals surface area (Å²) in [4.78, 5) is 37.2. The number of hydrogen-bond donors (Lipinski definition) is 0. The molecule has 85 heavy (non-hydrogen) atoms. The van der Waals surface area contributed by atoms with Crippen LogP contribution in [-0.4, -0.2) is 39.9 Å². The fourth-order valence-electron chi connectivity index (χ4n) is 8.12. The Bertz CT molecular complexity index is 3850. The molecule has 0 unspecified atom stereocenters.